The van der Waals surface area contributed by atoms with Gasteiger partial charge in [0.2, 0.25) is 0 Å². The van der Waals surface area contributed by atoms with Gasteiger partial charge in [-0.25, -0.2) is 4.79 Å². The third kappa shape index (κ3) is 5.07. The fraction of sp³-hybridized carbons (Fsp3) is 0.125. The van der Waals surface area contributed by atoms with Gasteiger partial charge < -0.3 is 14.9 Å². The summed E-state index contributed by atoms with van der Waals surface area (Å²) in [4.78, 5) is 31.8. The lowest BCUT2D eigenvalue weighted by atomic mass is 9.98. The highest BCUT2D eigenvalue weighted by Crippen LogP contribution is 2.35. The van der Waals surface area contributed by atoms with E-state index in [2.05, 4.69) is 15.2 Å². The molecule has 0 aliphatic carbocycles. The van der Waals surface area contributed by atoms with Crippen molar-refractivity contribution in [2.45, 2.75) is 20.8 Å². The highest BCUT2D eigenvalue weighted by atomic mass is 16.7. The van der Waals surface area contributed by atoms with E-state index < -0.39 is 5.92 Å². The maximum atomic E-state index is 13.1. The van der Waals surface area contributed by atoms with Crippen molar-refractivity contribution in [3.63, 3.8) is 0 Å². The third-order valence-corrected chi connectivity index (χ3v) is 6.89. The summed E-state index contributed by atoms with van der Waals surface area (Å²) >= 11 is 0. The molecule has 1 heterocycles. The Balaban J connectivity index is 1.52. The molecule has 7 heteroatoms. The normalized spacial score (nSPS) is 15.1. The molecule has 0 fully saturated rings. The maximum absolute atomic E-state index is 13.1. The molecule has 4 aromatic rings. The van der Waals surface area contributed by atoms with Crippen LogP contribution >= 0.6 is 0 Å². The minimum atomic E-state index is -0.422. The van der Waals surface area contributed by atoms with Crippen molar-refractivity contribution in [1.82, 2.24) is 0 Å². The fourth-order valence-electron chi connectivity index (χ4n) is 4.55. The van der Waals surface area contributed by atoms with Crippen LogP contribution in [-0.2, 0) is 9.63 Å². The largest absolute Gasteiger partial charge is 0.411 e. The van der Waals surface area contributed by atoms with Gasteiger partial charge in [0.25, 0.3) is 0 Å². The van der Waals surface area contributed by atoms with Gasteiger partial charge in [-0.15, -0.1) is 0 Å². The lowest BCUT2D eigenvalue weighted by Gasteiger charge is -2.26. The summed E-state index contributed by atoms with van der Waals surface area (Å²) in [6, 6.07) is 30.5. The SMILES string of the molecule is C/C(=N\O)c1ccc(N(c2ccc(C(=O)c3ccccc3C)cc2)c2ccc(C3=NOC(=O)C3C)cc2)cc1. The number of hydrogen-bond donors (Lipinski definition) is 1. The van der Waals surface area contributed by atoms with Gasteiger partial charge in [-0.1, -0.05) is 58.8 Å². The molecular weight excluding hydrogens is 490 g/mol. The summed E-state index contributed by atoms with van der Waals surface area (Å²) in [7, 11) is 0. The Labute approximate surface area is 226 Å². The molecule has 39 heavy (non-hydrogen) atoms. The predicted molar refractivity (Wildman–Crippen MR) is 152 cm³/mol. The number of rotatable bonds is 7. The molecule has 1 N–H and O–H groups in total. The molecule has 4 aromatic carbocycles. The molecule has 5 rings (SSSR count). The first kappa shape index (κ1) is 25.6. The van der Waals surface area contributed by atoms with E-state index in [1.165, 1.54) is 0 Å². The van der Waals surface area contributed by atoms with Crippen LogP contribution in [0.2, 0.25) is 0 Å². The Bertz CT molecular complexity index is 1590. The Morgan fingerprint density at radius 1 is 0.846 bits per heavy atom. The monoisotopic (exact) mass is 517 g/mol. The van der Waals surface area contributed by atoms with Crippen molar-refractivity contribution in [2.75, 3.05) is 4.90 Å². The van der Waals surface area contributed by atoms with Crippen LogP contribution < -0.4 is 4.90 Å². The minimum absolute atomic E-state index is 0.0260. The molecule has 0 amide bonds. The van der Waals surface area contributed by atoms with E-state index in [0.717, 1.165) is 33.8 Å². The molecule has 1 unspecified atom stereocenters. The molecule has 1 aliphatic heterocycles. The van der Waals surface area contributed by atoms with Crippen LogP contribution in [0, 0.1) is 12.8 Å². The van der Waals surface area contributed by atoms with Crippen LogP contribution in [0.1, 0.15) is 46.5 Å². The molecule has 0 saturated carbocycles. The number of carbonyl (C=O) groups is 2. The number of ketones is 1. The van der Waals surface area contributed by atoms with Crippen LogP contribution in [0.25, 0.3) is 0 Å². The fourth-order valence-corrected chi connectivity index (χ4v) is 4.55. The first-order valence-electron chi connectivity index (χ1n) is 12.6. The van der Waals surface area contributed by atoms with Crippen molar-refractivity contribution >= 4 is 40.2 Å². The van der Waals surface area contributed by atoms with Gasteiger partial charge in [-0.2, -0.15) is 0 Å². The zero-order chi connectivity index (χ0) is 27.5. The van der Waals surface area contributed by atoms with E-state index in [-0.39, 0.29) is 11.8 Å². The second-order valence-electron chi connectivity index (χ2n) is 9.41. The topological polar surface area (TPSA) is 91.6 Å². The van der Waals surface area contributed by atoms with Crippen LogP contribution in [0.3, 0.4) is 0 Å². The van der Waals surface area contributed by atoms with Gasteiger partial charge in [-0.3, -0.25) is 4.79 Å². The summed E-state index contributed by atoms with van der Waals surface area (Å²) in [5.74, 6) is -0.811. The van der Waals surface area contributed by atoms with Crippen molar-refractivity contribution in [2.24, 2.45) is 16.2 Å². The van der Waals surface area contributed by atoms with E-state index in [1.807, 2.05) is 104 Å². The number of aryl methyl sites for hydroxylation is 1. The summed E-state index contributed by atoms with van der Waals surface area (Å²) in [6.07, 6.45) is 0. The van der Waals surface area contributed by atoms with E-state index in [4.69, 9.17) is 10.0 Å². The first-order chi connectivity index (χ1) is 18.9. The van der Waals surface area contributed by atoms with Gasteiger partial charge in [0.05, 0.1) is 5.71 Å². The summed E-state index contributed by atoms with van der Waals surface area (Å²) in [6.45, 7) is 5.43. The van der Waals surface area contributed by atoms with Gasteiger partial charge >= 0.3 is 5.97 Å². The Hall–Kier alpha value is -5.04. The maximum Gasteiger partial charge on any atom is 0.343 e. The first-order valence-corrected chi connectivity index (χ1v) is 12.6. The molecule has 1 aliphatic rings. The number of anilines is 3. The van der Waals surface area contributed by atoms with E-state index >= 15 is 0 Å². The minimum Gasteiger partial charge on any atom is -0.411 e. The molecule has 0 spiro atoms. The highest BCUT2D eigenvalue weighted by molar-refractivity contribution is 6.14. The smallest absolute Gasteiger partial charge is 0.343 e. The van der Waals surface area contributed by atoms with E-state index in [1.54, 1.807) is 13.8 Å². The number of hydrogen-bond acceptors (Lipinski definition) is 7. The van der Waals surface area contributed by atoms with Crippen LogP contribution in [0.15, 0.2) is 107 Å². The third-order valence-electron chi connectivity index (χ3n) is 6.89. The van der Waals surface area contributed by atoms with Crippen molar-refractivity contribution in [1.29, 1.82) is 0 Å². The quantitative estimate of drug-likeness (QED) is 0.0958. The average molecular weight is 518 g/mol. The molecule has 1 atom stereocenters. The zero-order valence-corrected chi connectivity index (χ0v) is 21.8. The van der Waals surface area contributed by atoms with E-state index in [9.17, 15) is 9.59 Å². The molecule has 0 bridgehead atoms. The van der Waals surface area contributed by atoms with Gasteiger partial charge in [0.1, 0.15) is 11.6 Å². The summed E-state index contributed by atoms with van der Waals surface area (Å²) < 4.78 is 0. The van der Waals surface area contributed by atoms with E-state index in [0.29, 0.717) is 22.6 Å². The Morgan fingerprint density at radius 3 is 1.90 bits per heavy atom. The molecular formula is C32H27N3O4. The molecule has 0 aromatic heterocycles. The van der Waals surface area contributed by atoms with Crippen molar-refractivity contribution < 1.29 is 19.6 Å². The lowest BCUT2D eigenvalue weighted by Crippen LogP contribution is -2.15. The van der Waals surface area contributed by atoms with Crippen molar-refractivity contribution in [3.8, 4) is 0 Å². The molecule has 0 saturated heterocycles. The number of carbonyl (C=O) groups excluding carboxylic acids is 2. The molecule has 7 nitrogen and oxygen atoms in total. The molecule has 194 valence electrons. The standard InChI is InChI=1S/C32H27N3O4/c1-20-6-4-5-7-29(20)31(36)25-12-18-28(19-13-25)35(26-14-8-23(9-15-26)22(3)33-38)27-16-10-24(11-17-27)30-21(2)32(37)39-34-30/h4-19,21,38H,1-3H3/b33-22+. The van der Waals surface area contributed by atoms with Gasteiger partial charge in [0.15, 0.2) is 5.78 Å². The Kier molecular flexibility index (Phi) is 7.06. The lowest BCUT2D eigenvalue weighted by molar-refractivity contribution is -0.142. The van der Waals surface area contributed by atoms with Crippen LogP contribution in [0.5, 0.6) is 0 Å². The van der Waals surface area contributed by atoms with Gasteiger partial charge in [-0.05, 0) is 80.4 Å². The second-order valence-corrected chi connectivity index (χ2v) is 9.41. The number of oxime groups is 2. The average Bonchev–Trinajstić information content (AvgIpc) is 3.31. The predicted octanol–water partition coefficient (Wildman–Crippen LogP) is 6.79. The second kappa shape index (κ2) is 10.8. The van der Waals surface area contributed by atoms with Crippen molar-refractivity contribution in [3.05, 3.63) is 125 Å². The Morgan fingerprint density at radius 2 is 1.38 bits per heavy atom. The zero-order valence-electron chi connectivity index (χ0n) is 21.8. The number of nitrogens with zero attached hydrogens (tertiary/aromatic N) is 3. The van der Waals surface area contributed by atoms with Gasteiger partial charge in [0, 0.05) is 33.8 Å². The number of benzene rings is 4. The molecule has 0 radical (unpaired) electrons. The summed E-state index contributed by atoms with van der Waals surface area (Å²) in [5, 5.41) is 16.4. The highest BCUT2D eigenvalue weighted by Gasteiger charge is 2.29. The summed E-state index contributed by atoms with van der Waals surface area (Å²) in [5.41, 5.74) is 7.54. The van der Waals surface area contributed by atoms with Crippen LogP contribution in [0.4, 0.5) is 17.1 Å². The van der Waals surface area contributed by atoms with Crippen LogP contribution in [-0.4, -0.2) is 28.4 Å².